The minimum absolute atomic E-state index is 0.0149. The molecule has 2 aliphatic rings. The van der Waals surface area contributed by atoms with Crippen molar-refractivity contribution in [1.29, 1.82) is 0 Å². The summed E-state index contributed by atoms with van der Waals surface area (Å²) >= 11 is 7.02. The number of aromatic nitrogens is 2. The van der Waals surface area contributed by atoms with E-state index in [1.54, 1.807) is 57.1 Å². The topological polar surface area (TPSA) is 90.9 Å². The summed E-state index contributed by atoms with van der Waals surface area (Å²) in [5.41, 5.74) is 0.250. The molecule has 5 rings (SSSR count). The SMILES string of the molecule is CN(C1=NC(=O)C(=C(Cc2ccc(Cl)cc2C(F)(F)F)c2ccc3[nH]ncc3c2)S1)C1CN(C(=O)OC(C)(C)C)C1. The molecule has 1 aromatic heterocycles. The third-order valence-corrected chi connectivity index (χ3v) is 8.18. The summed E-state index contributed by atoms with van der Waals surface area (Å²) in [5, 5.41) is 8.00. The molecule has 2 aromatic carbocycles. The van der Waals surface area contributed by atoms with Gasteiger partial charge in [-0.2, -0.15) is 23.3 Å². The number of amidine groups is 1. The van der Waals surface area contributed by atoms with Gasteiger partial charge in [0.2, 0.25) is 0 Å². The molecule has 0 bridgehead atoms. The lowest BCUT2D eigenvalue weighted by Crippen LogP contribution is -2.61. The van der Waals surface area contributed by atoms with Gasteiger partial charge < -0.3 is 14.5 Å². The van der Waals surface area contributed by atoms with Crippen LogP contribution in [0.5, 0.6) is 0 Å². The molecule has 13 heteroatoms. The van der Waals surface area contributed by atoms with E-state index in [4.69, 9.17) is 16.3 Å². The van der Waals surface area contributed by atoms with E-state index < -0.39 is 29.3 Å². The van der Waals surface area contributed by atoms with Crippen LogP contribution in [0.2, 0.25) is 5.02 Å². The van der Waals surface area contributed by atoms with Crippen molar-refractivity contribution < 1.29 is 27.5 Å². The monoisotopic (exact) mass is 605 g/mol. The standard InChI is InChI=1S/C28H27ClF3N5O3S/c1-27(2,3)40-26(39)37-13-19(14-37)36(4)25-34-24(38)23(41-25)20(15-6-8-22-17(9-15)12-33-35-22)10-16-5-7-18(29)11-21(16)28(30,31)32/h5-9,11-12,19H,10,13-14H2,1-4H3,(H,33,35). The fourth-order valence-electron chi connectivity index (χ4n) is 4.57. The van der Waals surface area contributed by atoms with E-state index in [0.717, 1.165) is 28.7 Å². The molecular weight excluding hydrogens is 579 g/mol. The Labute approximate surface area is 243 Å². The van der Waals surface area contributed by atoms with Crippen LogP contribution in [-0.4, -0.2) is 68.9 Å². The molecule has 2 amide bonds. The van der Waals surface area contributed by atoms with Crippen molar-refractivity contribution in [1.82, 2.24) is 20.0 Å². The number of carbonyl (C=O) groups excluding carboxylic acids is 2. The van der Waals surface area contributed by atoms with E-state index >= 15 is 0 Å². The molecule has 0 aliphatic carbocycles. The summed E-state index contributed by atoms with van der Waals surface area (Å²) in [7, 11) is 1.78. The lowest BCUT2D eigenvalue weighted by Gasteiger charge is -2.44. The molecule has 0 spiro atoms. The molecule has 41 heavy (non-hydrogen) atoms. The third kappa shape index (κ3) is 6.23. The quantitative estimate of drug-likeness (QED) is 0.348. The van der Waals surface area contributed by atoms with Crippen LogP contribution in [0.15, 0.2) is 52.5 Å². The number of allylic oxidation sites excluding steroid dienone is 1. The van der Waals surface area contributed by atoms with Crippen LogP contribution in [0.1, 0.15) is 37.5 Å². The smallest absolute Gasteiger partial charge is 0.416 e. The number of likely N-dealkylation sites (N-methyl/N-ethyl adjacent to an activating group) is 1. The number of halogens is 4. The molecule has 1 N–H and O–H groups in total. The van der Waals surface area contributed by atoms with Gasteiger partial charge in [-0.15, -0.1) is 0 Å². The van der Waals surface area contributed by atoms with Gasteiger partial charge in [-0.25, -0.2) is 4.79 Å². The zero-order valence-corrected chi connectivity index (χ0v) is 24.2. The van der Waals surface area contributed by atoms with Crippen molar-refractivity contribution in [2.75, 3.05) is 20.1 Å². The number of benzene rings is 2. The molecule has 1 saturated heterocycles. The average molecular weight is 606 g/mol. The number of fused-ring (bicyclic) bond motifs is 1. The first kappa shape index (κ1) is 29.0. The number of aliphatic imine (C=N–C) groups is 1. The lowest BCUT2D eigenvalue weighted by molar-refractivity contribution is -0.138. The van der Waals surface area contributed by atoms with Crippen molar-refractivity contribution in [3.8, 4) is 0 Å². The van der Waals surface area contributed by atoms with Gasteiger partial charge in [0.1, 0.15) is 5.60 Å². The number of likely N-dealkylation sites (tertiary alicyclic amines) is 1. The van der Waals surface area contributed by atoms with Crippen molar-refractivity contribution in [3.05, 3.63) is 69.2 Å². The number of nitrogens with one attached hydrogen (secondary N) is 1. The first-order chi connectivity index (χ1) is 19.2. The number of alkyl halides is 3. The Morgan fingerprint density at radius 1 is 1.20 bits per heavy atom. The van der Waals surface area contributed by atoms with Crippen LogP contribution in [0.4, 0.5) is 18.0 Å². The predicted octanol–water partition coefficient (Wildman–Crippen LogP) is 6.37. The second-order valence-electron chi connectivity index (χ2n) is 10.9. The Hall–Kier alpha value is -3.51. The van der Waals surface area contributed by atoms with E-state index in [1.807, 2.05) is 4.90 Å². The minimum Gasteiger partial charge on any atom is -0.444 e. The zero-order chi connectivity index (χ0) is 29.7. The second kappa shape index (κ2) is 10.7. The molecule has 1 fully saturated rings. The number of hydrogen-bond donors (Lipinski definition) is 1. The van der Waals surface area contributed by atoms with Crippen LogP contribution >= 0.6 is 23.4 Å². The lowest BCUT2D eigenvalue weighted by atomic mass is 9.93. The Morgan fingerprint density at radius 2 is 1.93 bits per heavy atom. The fourth-order valence-corrected chi connectivity index (χ4v) is 5.79. The molecular formula is C28H27ClF3N5O3S. The maximum Gasteiger partial charge on any atom is 0.416 e. The predicted molar refractivity (Wildman–Crippen MR) is 153 cm³/mol. The highest BCUT2D eigenvalue weighted by atomic mass is 35.5. The second-order valence-corrected chi connectivity index (χ2v) is 12.3. The maximum absolute atomic E-state index is 14.0. The highest BCUT2D eigenvalue weighted by Crippen LogP contribution is 2.41. The van der Waals surface area contributed by atoms with Crippen LogP contribution in [0, 0.1) is 0 Å². The van der Waals surface area contributed by atoms with Crippen molar-refractivity contribution in [3.63, 3.8) is 0 Å². The number of amides is 2. The third-order valence-electron chi connectivity index (χ3n) is 6.76. The van der Waals surface area contributed by atoms with Gasteiger partial charge in [0.25, 0.3) is 5.91 Å². The first-order valence-corrected chi connectivity index (χ1v) is 13.9. The Bertz CT molecular complexity index is 1590. The summed E-state index contributed by atoms with van der Waals surface area (Å²) in [6.45, 7) is 6.16. The van der Waals surface area contributed by atoms with E-state index in [-0.39, 0.29) is 28.0 Å². The molecule has 8 nitrogen and oxygen atoms in total. The molecule has 0 radical (unpaired) electrons. The first-order valence-electron chi connectivity index (χ1n) is 12.7. The van der Waals surface area contributed by atoms with Gasteiger partial charge >= 0.3 is 12.3 Å². The van der Waals surface area contributed by atoms with E-state index in [0.29, 0.717) is 29.4 Å². The van der Waals surface area contributed by atoms with Gasteiger partial charge in [0.05, 0.1) is 28.2 Å². The van der Waals surface area contributed by atoms with Crippen LogP contribution in [0.25, 0.3) is 16.5 Å². The van der Waals surface area contributed by atoms with Gasteiger partial charge in [0, 0.05) is 30.5 Å². The van der Waals surface area contributed by atoms with Gasteiger partial charge in [-0.1, -0.05) is 23.7 Å². The van der Waals surface area contributed by atoms with E-state index in [9.17, 15) is 22.8 Å². The molecule has 0 saturated carbocycles. The molecule has 3 aromatic rings. The summed E-state index contributed by atoms with van der Waals surface area (Å²) in [6, 6.07) is 8.82. The van der Waals surface area contributed by atoms with Crippen molar-refractivity contribution in [2.45, 2.75) is 45.0 Å². The number of rotatable bonds is 4. The number of carbonyl (C=O) groups is 2. The maximum atomic E-state index is 14.0. The molecule has 2 aliphatic heterocycles. The summed E-state index contributed by atoms with van der Waals surface area (Å²) in [6.07, 6.45) is -3.62. The van der Waals surface area contributed by atoms with E-state index in [1.165, 1.54) is 12.1 Å². The largest absolute Gasteiger partial charge is 0.444 e. The summed E-state index contributed by atoms with van der Waals surface area (Å²) in [5.74, 6) is -0.537. The van der Waals surface area contributed by atoms with Gasteiger partial charge in [0.15, 0.2) is 5.17 Å². The Kier molecular flexibility index (Phi) is 7.58. The zero-order valence-electron chi connectivity index (χ0n) is 22.7. The van der Waals surface area contributed by atoms with Gasteiger partial charge in [-0.3, -0.25) is 9.89 Å². The highest BCUT2D eigenvalue weighted by Gasteiger charge is 2.40. The number of hydrogen-bond acceptors (Lipinski definition) is 6. The van der Waals surface area contributed by atoms with Gasteiger partial charge in [-0.05, 0) is 79.9 Å². The number of ether oxygens (including phenoxy) is 1. The Balaban J connectivity index is 1.45. The number of nitrogens with zero attached hydrogens (tertiary/aromatic N) is 4. The summed E-state index contributed by atoms with van der Waals surface area (Å²) in [4.78, 5) is 33.5. The van der Waals surface area contributed by atoms with Crippen LogP contribution in [-0.2, 0) is 22.1 Å². The Morgan fingerprint density at radius 3 is 2.61 bits per heavy atom. The normalized spacial score (nSPS) is 17.5. The van der Waals surface area contributed by atoms with E-state index in [2.05, 4.69) is 15.2 Å². The summed E-state index contributed by atoms with van der Waals surface area (Å²) < 4.78 is 47.3. The van der Waals surface area contributed by atoms with Crippen LogP contribution < -0.4 is 0 Å². The molecule has 0 unspecified atom stereocenters. The average Bonchev–Trinajstić information content (AvgIpc) is 3.46. The number of H-pyrrole nitrogens is 1. The number of thioether (sulfide) groups is 1. The molecule has 3 heterocycles. The highest BCUT2D eigenvalue weighted by molar-refractivity contribution is 8.18. The number of aromatic amines is 1. The minimum atomic E-state index is -4.64. The molecule has 216 valence electrons. The van der Waals surface area contributed by atoms with Crippen molar-refractivity contribution in [2.24, 2.45) is 4.99 Å². The van der Waals surface area contributed by atoms with Crippen LogP contribution in [0.3, 0.4) is 0 Å². The molecule has 0 atom stereocenters. The van der Waals surface area contributed by atoms with Crippen molar-refractivity contribution >= 4 is 57.0 Å². The fraction of sp³-hybridized carbons (Fsp3) is 0.357.